The van der Waals surface area contributed by atoms with Crippen molar-refractivity contribution in [3.8, 4) is 0 Å². The van der Waals surface area contributed by atoms with Crippen LogP contribution >= 0.6 is 11.8 Å². The van der Waals surface area contributed by atoms with Crippen molar-refractivity contribution < 1.29 is 9.59 Å². The number of anilines is 2. The maximum Gasteiger partial charge on any atom is 0.234 e. The number of amides is 2. The van der Waals surface area contributed by atoms with Gasteiger partial charge in [-0.1, -0.05) is 30.8 Å². The SMILES string of the molecule is CCC(=O)Nc1ccc(SCC(=O)Nc2cccc(C)c2)nn1. The fourth-order valence-electron chi connectivity index (χ4n) is 1.75. The fraction of sp³-hybridized carbons (Fsp3) is 0.250. The highest BCUT2D eigenvalue weighted by Crippen LogP contribution is 2.16. The summed E-state index contributed by atoms with van der Waals surface area (Å²) in [6.45, 7) is 3.73. The van der Waals surface area contributed by atoms with Crippen molar-refractivity contribution in [3.63, 3.8) is 0 Å². The molecule has 0 aliphatic rings. The molecule has 0 aliphatic carbocycles. The molecule has 2 rings (SSSR count). The molecule has 120 valence electrons. The third-order valence-corrected chi connectivity index (χ3v) is 3.80. The van der Waals surface area contributed by atoms with Crippen LogP contribution in [0.1, 0.15) is 18.9 Å². The van der Waals surface area contributed by atoms with E-state index in [4.69, 9.17) is 0 Å². The normalized spacial score (nSPS) is 10.2. The number of aromatic nitrogens is 2. The van der Waals surface area contributed by atoms with Crippen molar-refractivity contribution in [2.45, 2.75) is 25.3 Å². The Morgan fingerprint density at radius 3 is 2.57 bits per heavy atom. The van der Waals surface area contributed by atoms with Gasteiger partial charge in [0.05, 0.1) is 5.75 Å². The van der Waals surface area contributed by atoms with Crippen LogP contribution in [-0.4, -0.2) is 27.8 Å². The van der Waals surface area contributed by atoms with E-state index in [0.717, 1.165) is 11.3 Å². The van der Waals surface area contributed by atoms with Crippen molar-refractivity contribution in [2.75, 3.05) is 16.4 Å². The fourth-order valence-corrected chi connectivity index (χ4v) is 2.37. The highest BCUT2D eigenvalue weighted by atomic mass is 32.2. The van der Waals surface area contributed by atoms with Crippen LogP contribution in [0.15, 0.2) is 41.4 Å². The largest absolute Gasteiger partial charge is 0.325 e. The molecule has 0 saturated carbocycles. The van der Waals surface area contributed by atoms with Gasteiger partial charge in [0.15, 0.2) is 5.82 Å². The number of carbonyl (C=O) groups is 2. The van der Waals surface area contributed by atoms with Gasteiger partial charge in [-0.3, -0.25) is 9.59 Å². The first-order chi connectivity index (χ1) is 11.1. The number of hydrogen-bond acceptors (Lipinski definition) is 5. The maximum absolute atomic E-state index is 11.9. The average Bonchev–Trinajstić information content (AvgIpc) is 2.54. The number of benzene rings is 1. The van der Waals surface area contributed by atoms with E-state index in [0.29, 0.717) is 17.3 Å². The second-order valence-electron chi connectivity index (χ2n) is 4.86. The number of carbonyl (C=O) groups excluding carboxylic acids is 2. The molecule has 2 N–H and O–H groups in total. The summed E-state index contributed by atoms with van der Waals surface area (Å²) in [5, 5.41) is 14.0. The summed E-state index contributed by atoms with van der Waals surface area (Å²) in [6, 6.07) is 11.0. The van der Waals surface area contributed by atoms with Gasteiger partial charge < -0.3 is 10.6 Å². The molecule has 1 heterocycles. The van der Waals surface area contributed by atoms with Crippen LogP contribution in [0.2, 0.25) is 0 Å². The van der Waals surface area contributed by atoms with Crippen molar-refractivity contribution >= 4 is 35.1 Å². The number of thioether (sulfide) groups is 1. The Balaban J connectivity index is 1.83. The molecule has 6 nitrogen and oxygen atoms in total. The minimum Gasteiger partial charge on any atom is -0.325 e. The molecule has 0 spiro atoms. The van der Waals surface area contributed by atoms with E-state index in [1.165, 1.54) is 11.8 Å². The Morgan fingerprint density at radius 2 is 1.91 bits per heavy atom. The lowest BCUT2D eigenvalue weighted by Crippen LogP contribution is -2.14. The molecule has 0 atom stereocenters. The van der Waals surface area contributed by atoms with E-state index in [1.807, 2.05) is 31.2 Å². The van der Waals surface area contributed by atoms with E-state index in [1.54, 1.807) is 19.1 Å². The maximum atomic E-state index is 11.9. The number of nitrogens with one attached hydrogen (secondary N) is 2. The van der Waals surface area contributed by atoms with E-state index in [-0.39, 0.29) is 17.6 Å². The Hall–Kier alpha value is -2.41. The molecular weight excluding hydrogens is 312 g/mol. The zero-order valence-electron chi connectivity index (χ0n) is 13.0. The summed E-state index contributed by atoms with van der Waals surface area (Å²) in [4.78, 5) is 23.2. The van der Waals surface area contributed by atoms with Crippen LogP contribution in [0.3, 0.4) is 0 Å². The molecule has 1 aromatic carbocycles. The predicted octanol–water partition coefficient (Wildman–Crippen LogP) is 2.86. The summed E-state index contributed by atoms with van der Waals surface area (Å²) in [6.07, 6.45) is 0.386. The first-order valence-electron chi connectivity index (χ1n) is 7.19. The molecule has 0 aliphatic heterocycles. The minimum atomic E-state index is -0.114. The van der Waals surface area contributed by atoms with Gasteiger partial charge in [0, 0.05) is 12.1 Å². The Labute approximate surface area is 139 Å². The van der Waals surface area contributed by atoms with Crippen molar-refractivity contribution in [1.82, 2.24) is 10.2 Å². The van der Waals surface area contributed by atoms with Crippen molar-refractivity contribution in [2.24, 2.45) is 0 Å². The Kier molecular flexibility index (Phi) is 6.10. The highest BCUT2D eigenvalue weighted by Gasteiger charge is 2.06. The number of hydrogen-bond donors (Lipinski definition) is 2. The van der Waals surface area contributed by atoms with E-state index < -0.39 is 0 Å². The first kappa shape index (κ1) is 17.0. The number of nitrogens with zero attached hydrogens (tertiary/aromatic N) is 2. The monoisotopic (exact) mass is 330 g/mol. The topological polar surface area (TPSA) is 84.0 Å². The summed E-state index contributed by atoms with van der Waals surface area (Å²) in [5.74, 6) is 0.428. The predicted molar refractivity (Wildman–Crippen MR) is 91.5 cm³/mol. The van der Waals surface area contributed by atoms with Crippen LogP contribution in [0.25, 0.3) is 0 Å². The zero-order valence-corrected chi connectivity index (χ0v) is 13.8. The standard InChI is InChI=1S/C16H18N4O2S/c1-3-14(21)18-13-7-8-16(20-19-13)23-10-15(22)17-12-6-4-5-11(2)9-12/h4-9H,3,10H2,1-2H3,(H,17,22)(H,18,19,21). The van der Waals surface area contributed by atoms with Gasteiger partial charge in [0.25, 0.3) is 0 Å². The molecule has 0 saturated heterocycles. The third-order valence-electron chi connectivity index (χ3n) is 2.88. The molecule has 0 radical (unpaired) electrons. The van der Waals surface area contributed by atoms with Gasteiger partial charge in [-0.25, -0.2) is 0 Å². The van der Waals surface area contributed by atoms with Gasteiger partial charge in [-0.2, -0.15) is 0 Å². The summed E-state index contributed by atoms with van der Waals surface area (Å²) in [5.41, 5.74) is 1.87. The molecule has 1 aromatic heterocycles. The van der Waals surface area contributed by atoms with E-state index in [2.05, 4.69) is 20.8 Å². The van der Waals surface area contributed by atoms with Crippen molar-refractivity contribution in [1.29, 1.82) is 0 Å². The zero-order chi connectivity index (χ0) is 16.7. The molecule has 7 heteroatoms. The lowest BCUT2D eigenvalue weighted by Gasteiger charge is -2.06. The van der Waals surface area contributed by atoms with Gasteiger partial charge in [-0.15, -0.1) is 10.2 Å². The van der Waals surface area contributed by atoms with Gasteiger partial charge in [-0.05, 0) is 36.8 Å². The molecule has 2 aromatic rings. The number of aryl methyl sites for hydroxylation is 1. The minimum absolute atomic E-state index is 0.106. The number of rotatable bonds is 6. The smallest absolute Gasteiger partial charge is 0.234 e. The Bertz CT molecular complexity index is 689. The van der Waals surface area contributed by atoms with Crippen LogP contribution < -0.4 is 10.6 Å². The molecule has 0 fully saturated rings. The third kappa shape index (κ3) is 5.71. The summed E-state index contributed by atoms with van der Waals surface area (Å²) < 4.78 is 0. The second-order valence-corrected chi connectivity index (χ2v) is 5.86. The Morgan fingerprint density at radius 1 is 1.09 bits per heavy atom. The lowest BCUT2D eigenvalue weighted by molar-refractivity contribution is -0.116. The summed E-state index contributed by atoms with van der Waals surface area (Å²) >= 11 is 1.29. The van der Waals surface area contributed by atoms with Crippen LogP contribution in [0.5, 0.6) is 0 Å². The molecule has 23 heavy (non-hydrogen) atoms. The molecule has 0 bridgehead atoms. The molecular formula is C16H18N4O2S. The van der Waals surface area contributed by atoms with Crippen molar-refractivity contribution in [3.05, 3.63) is 42.0 Å². The molecule has 2 amide bonds. The van der Waals surface area contributed by atoms with Crippen LogP contribution in [0.4, 0.5) is 11.5 Å². The van der Waals surface area contributed by atoms with Crippen LogP contribution in [0, 0.1) is 6.92 Å². The first-order valence-corrected chi connectivity index (χ1v) is 8.18. The quantitative estimate of drug-likeness (QED) is 0.796. The summed E-state index contributed by atoms with van der Waals surface area (Å²) in [7, 11) is 0. The van der Waals surface area contributed by atoms with Gasteiger partial charge in [0.1, 0.15) is 5.03 Å². The van der Waals surface area contributed by atoms with Crippen LogP contribution in [-0.2, 0) is 9.59 Å². The lowest BCUT2D eigenvalue weighted by atomic mass is 10.2. The average molecular weight is 330 g/mol. The van der Waals surface area contributed by atoms with Gasteiger partial charge >= 0.3 is 0 Å². The second kappa shape index (κ2) is 8.28. The van der Waals surface area contributed by atoms with Gasteiger partial charge in [0.2, 0.25) is 11.8 Å². The van der Waals surface area contributed by atoms with E-state index in [9.17, 15) is 9.59 Å². The molecule has 0 unspecified atom stereocenters. The van der Waals surface area contributed by atoms with E-state index >= 15 is 0 Å². The highest BCUT2D eigenvalue weighted by molar-refractivity contribution is 7.99.